The minimum atomic E-state index is -4.38. The van der Waals surface area contributed by atoms with Crippen molar-refractivity contribution in [2.24, 2.45) is 0 Å². The molecule has 1 heterocycles. The zero-order chi connectivity index (χ0) is 18.0. The molecule has 1 aromatic heterocycles. The van der Waals surface area contributed by atoms with Crippen LogP contribution in [0.2, 0.25) is 0 Å². The van der Waals surface area contributed by atoms with Crippen LogP contribution in [0.25, 0.3) is 0 Å². The van der Waals surface area contributed by atoms with Gasteiger partial charge in [0.15, 0.2) is 5.82 Å². The van der Waals surface area contributed by atoms with E-state index in [9.17, 15) is 18.0 Å². The molecule has 0 aliphatic heterocycles. The number of carbonyl (C=O) groups excluding carboxylic acids is 1. The third-order valence-corrected chi connectivity index (χ3v) is 4.34. The second kappa shape index (κ2) is 6.78. The van der Waals surface area contributed by atoms with Crippen molar-refractivity contribution in [2.45, 2.75) is 44.3 Å². The van der Waals surface area contributed by atoms with E-state index in [1.54, 1.807) is 12.1 Å². The summed E-state index contributed by atoms with van der Waals surface area (Å²) >= 11 is 0. The minimum absolute atomic E-state index is 0.0397. The number of rotatable bonds is 4. The summed E-state index contributed by atoms with van der Waals surface area (Å²) in [5, 5.41) is 12.9. The fraction of sp³-hybridized carbons (Fsp3) is 0.412. The summed E-state index contributed by atoms with van der Waals surface area (Å²) in [6, 6.07) is 6.96. The lowest BCUT2D eigenvalue weighted by atomic mass is 10.0. The molecule has 0 spiro atoms. The van der Waals surface area contributed by atoms with Crippen molar-refractivity contribution < 1.29 is 18.0 Å². The van der Waals surface area contributed by atoms with Crippen molar-refractivity contribution in [1.82, 2.24) is 15.5 Å². The lowest BCUT2D eigenvalue weighted by Gasteiger charge is -2.10. The van der Waals surface area contributed by atoms with Crippen LogP contribution in [0, 0.1) is 0 Å². The second-order valence-corrected chi connectivity index (χ2v) is 6.32. The van der Waals surface area contributed by atoms with Crippen LogP contribution in [0.3, 0.4) is 0 Å². The number of amides is 1. The van der Waals surface area contributed by atoms with Gasteiger partial charge in [0.25, 0.3) is 0 Å². The first-order valence-electron chi connectivity index (χ1n) is 8.08. The van der Waals surface area contributed by atoms with E-state index >= 15 is 0 Å². The molecule has 8 heteroatoms. The number of H-pyrrole nitrogens is 1. The van der Waals surface area contributed by atoms with E-state index in [4.69, 9.17) is 0 Å². The average molecular weight is 352 g/mol. The van der Waals surface area contributed by atoms with Gasteiger partial charge in [-0.1, -0.05) is 6.07 Å². The highest BCUT2D eigenvalue weighted by atomic mass is 19.4. The van der Waals surface area contributed by atoms with Gasteiger partial charge in [-0.15, -0.1) is 0 Å². The predicted molar refractivity (Wildman–Crippen MR) is 87.5 cm³/mol. The van der Waals surface area contributed by atoms with Gasteiger partial charge in [0.05, 0.1) is 5.56 Å². The number of aromatic amines is 1. The zero-order valence-corrected chi connectivity index (χ0v) is 13.7. The van der Waals surface area contributed by atoms with Crippen molar-refractivity contribution in [2.75, 3.05) is 5.32 Å². The molecule has 3 N–H and O–H groups in total. The number of aromatic nitrogens is 2. The van der Waals surface area contributed by atoms with Gasteiger partial charge >= 0.3 is 6.18 Å². The van der Waals surface area contributed by atoms with E-state index in [1.807, 2.05) is 0 Å². The van der Waals surface area contributed by atoms with Crippen LogP contribution in [0.15, 0.2) is 30.3 Å². The molecule has 5 nitrogen and oxygen atoms in total. The standard InChI is InChI=1S/C17H19F3N4O/c1-10(25)21-14-6-5-11(7-14)15-9-16(24-23-15)22-13-4-2-3-12(8-13)17(18,19)20/h2-4,8-9,11,14H,5-7H2,1H3,(H,21,25)(H2,22,23,24)/t11-,14+/m1/s1. The smallest absolute Gasteiger partial charge is 0.354 e. The van der Waals surface area contributed by atoms with E-state index in [-0.39, 0.29) is 17.9 Å². The Morgan fingerprint density at radius 1 is 1.28 bits per heavy atom. The molecule has 1 amide bonds. The molecule has 1 aliphatic carbocycles. The molecule has 0 radical (unpaired) electrons. The first kappa shape index (κ1) is 17.3. The van der Waals surface area contributed by atoms with Crippen LogP contribution in [0.1, 0.15) is 43.4 Å². The zero-order valence-electron chi connectivity index (χ0n) is 13.7. The maximum atomic E-state index is 12.8. The number of nitrogens with zero attached hydrogens (tertiary/aromatic N) is 1. The predicted octanol–water partition coefficient (Wildman–Crippen LogP) is 3.94. The molecule has 1 saturated carbocycles. The molecule has 3 rings (SSSR count). The Morgan fingerprint density at radius 3 is 2.80 bits per heavy atom. The highest BCUT2D eigenvalue weighted by Gasteiger charge is 2.30. The maximum Gasteiger partial charge on any atom is 0.416 e. The van der Waals surface area contributed by atoms with E-state index in [2.05, 4.69) is 20.8 Å². The number of nitrogens with one attached hydrogen (secondary N) is 3. The SMILES string of the molecule is CC(=O)N[C@H]1CC[C@@H](c2cc(Nc3cccc(C(F)(F)F)c3)n[nH]2)C1. The Morgan fingerprint density at radius 2 is 2.08 bits per heavy atom. The van der Waals surface area contributed by atoms with Crippen molar-refractivity contribution >= 4 is 17.4 Å². The Hall–Kier alpha value is -2.51. The second-order valence-electron chi connectivity index (χ2n) is 6.32. The van der Waals surface area contributed by atoms with Crippen LogP contribution >= 0.6 is 0 Å². The van der Waals surface area contributed by atoms with Crippen LogP contribution in [0.4, 0.5) is 24.7 Å². The van der Waals surface area contributed by atoms with Gasteiger partial charge < -0.3 is 10.6 Å². The Kier molecular flexibility index (Phi) is 4.69. The number of halogens is 3. The quantitative estimate of drug-likeness (QED) is 0.780. The largest absolute Gasteiger partial charge is 0.416 e. The first-order chi connectivity index (χ1) is 11.8. The van der Waals surface area contributed by atoms with Gasteiger partial charge in [-0.25, -0.2) is 0 Å². The molecule has 0 saturated heterocycles. The molecule has 1 fully saturated rings. The molecule has 1 aromatic carbocycles. The molecule has 134 valence electrons. The molecule has 25 heavy (non-hydrogen) atoms. The average Bonchev–Trinajstić information content (AvgIpc) is 3.15. The number of anilines is 2. The Balaban J connectivity index is 1.66. The monoisotopic (exact) mass is 352 g/mol. The Labute approximate surface area is 143 Å². The highest BCUT2D eigenvalue weighted by Crippen LogP contribution is 2.35. The first-order valence-corrected chi connectivity index (χ1v) is 8.08. The molecular formula is C17H19F3N4O. The number of hydrogen-bond donors (Lipinski definition) is 3. The van der Waals surface area contributed by atoms with Crippen LogP contribution in [0.5, 0.6) is 0 Å². The van der Waals surface area contributed by atoms with Gasteiger partial charge in [-0.05, 0) is 37.5 Å². The van der Waals surface area contributed by atoms with Crippen LogP contribution in [-0.2, 0) is 11.0 Å². The molecule has 2 aromatic rings. The maximum absolute atomic E-state index is 12.8. The summed E-state index contributed by atoms with van der Waals surface area (Å²) < 4.78 is 38.3. The Bertz CT molecular complexity index is 756. The topological polar surface area (TPSA) is 69.8 Å². The number of carbonyl (C=O) groups is 1. The van der Waals surface area contributed by atoms with E-state index in [0.29, 0.717) is 11.5 Å². The molecule has 0 unspecified atom stereocenters. The van der Waals surface area contributed by atoms with Gasteiger partial charge in [0.1, 0.15) is 0 Å². The summed E-state index contributed by atoms with van der Waals surface area (Å²) in [6.45, 7) is 1.50. The molecular weight excluding hydrogens is 333 g/mol. The van der Waals surface area contributed by atoms with E-state index in [0.717, 1.165) is 37.1 Å². The molecule has 0 bridgehead atoms. The van der Waals surface area contributed by atoms with Gasteiger partial charge in [0.2, 0.25) is 5.91 Å². The third-order valence-electron chi connectivity index (χ3n) is 4.34. The summed E-state index contributed by atoms with van der Waals surface area (Å²) in [6.07, 6.45) is -1.72. The van der Waals surface area contributed by atoms with Crippen molar-refractivity contribution in [3.8, 4) is 0 Å². The van der Waals surface area contributed by atoms with Crippen molar-refractivity contribution in [1.29, 1.82) is 0 Å². The summed E-state index contributed by atoms with van der Waals surface area (Å²) in [7, 11) is 0. The number of hydrogen-bond acceptors (Lipinski definition) is 3. The number of benzene rings is 1. The lowest BCUT2D eigenvalue weighted by Crippen LogP contribution is -2.30. The summed E-state index contributed by atoms with van der Waals surface area (Å²) in [4.78, 5) is 11.1. The molecule has 1 aliphatic rings. The van der Waals surface area contributed by atoms with Crippen molar-refractivity contribution in [3.63, 3.8) is 0 Å². The van der Waals surface area contributed by atoms with Crippen molar-refractivity contribution in [3.05, 3.63) is 41.6 Å². The lowest BCUT2D eigenvalue weighted by molar-refractivity contribution is -0.137. The van der Waals surface area contributed by atoms with Crippen LogP contribution in [-0.4, -0.2) is 22.1 Å². The van der Waals surface area contributed by atoms with E-state index in [1.165, 1.54) is 13.0 Å². The fourth-order valence-electron chi connectivity index (χ4n) is 3.21. The molecule has 2 atom stereocenters. The normalized spacial score (nSPS) is 20.5. The fourth-order valence-corrected chi connectivity index (χ4v) is 3.21. The van der Waals surface area contributed by atoms with Gasteiger partial charge in [-0.2, -0.15) is 18.3 Å². The number of alkyl halides is 3. The van der Waals surface area contributed by atoms with Crippen LogP contribution < -0.4 is 10.6 Å². The van der Waals surface area contributed by atoms with Gasteiger partial charge in [0, 0.05) is 36.3 Å². The van der Waals surface area contributed by atoms with Gasteiger partial charge in [-0.3, -0.25) is 9.89 Å². The van der Waals surface area contributed by atoms with E-state index < -0.39 is 11.7 Å². The third kappa shape index (κ3) is 4.32. The summed E-state index contributed by atoms with van der Waals surface area (Å²) in [5.74, 6) is 0.681. The highest BCUT2D eigenvalue weighted by molar-refractivity contribution is 5.73. The summed E-state index contributed by atoms with van der Waals surface area (Å²) in [5.41, 5.74) is 0.542. The minimum Gasteiger partial charge on any atom is -0.354 e.